The molecule has 0 spiro atoms. The van der Waals surface area contributed by atoms with Crippen LogP contribution in [0.25, 0.3) is 0 Å². The first kappa shape index (κ1) is 11.2. The van der Waals surface area contributed by atoms with Gasteiger partial charge >= 0.3 is 5.24 Å². The highest BCUT2D eigenvalue weighted by Crippen LogP contribution is 1.99. The third kappa shape index (κ3) is 2.67. The molecule has 3 nitrogen and oxygen atoms in total. The van der Waals surface area contributed by atoms with Crippen LogP contribution in [0.2, 0.25) is 0 Å². The zero-order valence-electron chi connectivity index (χ0n) is 7.53. The monoisotopic (exact) mass is 187 g/mol. The number of carbonyl (C=O) groups excluding carboxylic acids is 1. The lowest BCUT2D eigenvalue weighted by Gasteiger charge is -2.19. The van der Waals surface area contributed by atoms with Gasteiger partial charge in [-0.1, -0.05) is 12.8 Å². The zero-order chi connectivity index (χ0) is 9.72. The fourth-order valence-corrected chi connectivity index (χ4v) is 1.28. The summed E-state index contributed by atoms with van der Waals surface area (Å²) >= 11 is 0. The summed E-state index contributed by atoms with van der Waals surface area (Å²) in [6.07, 6.45) is 5.11. The molecule has 12 heavy (non-hydrogen) atoms. The molecule has 0 aliphatic carbocycles. The molecule has 2 unspecified atom stereocenters. The Morgan fingerprint density at radius 2 is 2.25 bits per heavy atom. The maximum Gasteiger partial charge on any atom is 0.312 e. The summed E-state index contributed by atoms with van der Waals surface area (Å²) in [6.45, 7) is 3.41. The zero-order valence-corrected chi connectivity index (χ0v) is 8.35. The second-order valence-electron chi connectivity index (χ2n) is 2.35. The number of nitrogens with zero attached hydrogens (tertiary/aromatic N) is 1. The van der Waals surface area contributed by atoms with Gasteiger partial charge in [0.2, 0.25) is 0 Å². The van der Waals surface area contributed by atoms with Crippen molar-refractivity contribution < 1.29 is 9.00 Å². The molecular weight excluding hydrogens is 174 g/mol. The van der Waals surface area contributed by atoms with Crippen LogP contribution in [0, 0.1) is 12.3 Å². The maximum atomic E-state index is 11.2. The average Bonchev–Trinajstić information content (AvgIpc) is 2.12. The molecule has 0 aliphatic heterocycles. The Balaban J connectivity index is 4.31. The lowest BCUT2D eigenvalue weighted by molar-refractivity contribution is 0.227. The molecule has 0 fully saturated rings. The molecule has 0 aromatic heterocycles. The summed E-state index contributed by atoms with van der Waals surface area (Å²) in [5, 5.41) is -0.400. The van der Waals surface area contributed by atoms with E-state index in [-0.39, 0.29) is 6.04 Å². The van der Waals surface area contributed by atoms with Crippen LogP contribution in [0.5, 0.6) is 0 Å². The molecule has 0 heterocycles. The normalized spacial score (nSPS) is 14.5. The molecule has 0 aliphatic rings. The smallest absolute Gasteiger partial charge is 0.312 e. The van der Waals surface area contributed by atoms with Crippen LogP contribution in [-0.4, -0.2) is 33.2 Å². The fraction of sp³-hybridized carbons (Fsp3) is 0.625. The molecule has 0 bridgehead atoms. The number of hydrogen-bond donors (Lipinski definition) is 0. The van der Waals surface area contributed by atoms with Crippen molar-refractivity contribution >= 4 is 16.0 Å². The first-order valence-electron chi connectivity index (χ1n) is 3.65. The minimum absolute atomic E-state index is 0.298. The SMILES string of the molecule is C#CC(C)N(C)C(=O)S(=O)CC. The number of hydrogen-bond acceptors (Lipinski definition) is 2. The molecule has 0 saturated carbocycles. The van der Waals surface area contributed by atoms with Gasteiger partial charge < -0.3 is 4.90 Å². The van der Waals surface area contributed by atoms with Crippen LogP contribution in [0.3, 0.4) is 0 Å². The summed E-state index contributed by atoms with van der Waals surface area (Å²) in [7, 11) is 0.123. The Morgan fingerprint density at radius 3 is 2.58 bits per heavy atom. The lowest BCUT2D eigenvalue weighted by atomic mass is 10.3. The molecule has 0 N–H and O–H groups in total. The van der Waals surface area contributed by atoms with E-state index in [0.29, 0.717) is 5.75 Å². The van der Waals surface area contributed by atoms with Crippen molar-refractivity contribution in [3.63, 3.8) is 0 Å². The topological polar surface area (TPSA) is 37.4 Å². The molecule has 0 aromatic rings. The minimum atomic E-state index is -1.43. The predicted octanol–water partition coefficient (Wildman–Crippen LogP) is 0.829. The van der Waals surface area contributed by atoms with E-state index >= 15 is 0 Å². The Morgan fingerprint density at radius 1 is 1.75 bits per heavy atom. The minimum Gasteiger partial charge on any atom is -0.321 e. The molecule has 0 radical (unpaired) electrons. The van der Waals surface area contributed by atoms with Crippen LogP contribution in [0.15, 0.2) is 0 Å². The van der Waals surface area contributed by atoms with E-state index in [2.05, 4.69) is 5.92 Å². The predicted molar refractivity (Wildman–Crippen MR) is 50.1 cm³/mol. The third-order valence-electron chi connectivity index (χ3n) is 1.57. The average molecular weight is 187 g/mol. The molecule has 68 valence electrons. The highest BCUT2D eigenvalue weighted by molar-refractivity contribution is 8.00. The van der Waals surface area contributed by atoms with Crippen LogP contribution < -0.4 is 0 Å². The van der Waals surface area contributed by atoms with Crippen molar-refractivity contribution in [1.29, 1.82) is 0 Å². The van der Waals surface area contributed by atoms with Crippen molar-refractivity contribution in [2.45, 2.75) is 19.9 Å². The quantitative estimate of drug-likeness (QED) is 0.600. The molecular formula is C8H13NO2S. The van der Waals surface area contributed by atoms with Gasteiger partial charge in [-0.15, -0.1) is 6.42 Å². The second kappa shape index (κ2) is 4.94. The van der Waals surface area contributed by atoms with E-state index in [1.54, 1.807) is 20.9 Å². The van der Waals surface area contributed by atoms with Crippen molar-refractivity contribution in [1.82, 2.24) is 4.90 Å². The van der Waals surface area contributed by atoms with E-state index < -0.39 is 16.0 Å². The number of terminal acetylenes is 1. The van der Waals surface area contributed by atoms with Crippen molar-refractivity contribution in [2.24, 2.45) is 0 Å². The Bertz CT molecular complexity index is 232. The molecule has 4 heteroatoms. The Hall–Kier alpha value is -0.820. The van der Waals surface area contributed by atoms with Gasteiger partial charge in [-0.2, -0.15) is 0 Å². The lowest BCUT2D eigenvalue weighted by Crippen LogP contribution is -2.35. The van der Waals surface area contributed by atoms with Gasteiger partial charge in [-0.05, 0) is 6.92 Å². The first-order valence-corrected chi connectivity index (χ1v) is 4.97. The summed E-state index contributed by atoms with van der Waals surface area (Å²) in [5.74, 6) is 2.73. The van der Waals surface area contributed by atoms with Crippen molar-refractivity contribution in [3.8, 4) is 12.3 Å². The maximum absolute atomic E-state index is 11.2. The Labute approximate surface area is 75.6 Å². The van der Waals surface area contributed by atoms with E-state index in [0.717, 1.165) is 0 Å². The summed E-state index contributed by atoms with van der Waals surface area (Å²) < 4.78 is 11.0. The molecule has 0 rings (SSSR count). The van der Waals surface area contributed by atoms with E-state index in [1.165, 1.54) is 4.90 Å². The summed E-state index contributed by atoms with van der Waals surface area (Å²) in [5.41, 5.74) is 0. The van der Waals surface area contributed by atoms with Crippen LogP contribution in [0.4, 0.5) is 4.79 Å². The van der Waals surface area contributed by atoms with Crippen LogP contribution >= 0.6 is 0 Å². The second-order valence-corrected chi connectivity index (χ2v) is 3.97. The van der Waals surface area contributed by atoms with Crippen molar-refractivity contribution in [3.05, 3.63) is 0 Å². The highest BCUT2D eigenvalue weighted by atomic mass is 32.2. The van der Waals surface area contributed by atoms with E-state index in [9.17, 15) is 9.00 Å². The molecule has 0 saturated heterocycles. The largest absolute Gasteiger partial charge is 0.321 e. The van der Waals surface area contributed by atoms with E-state index in [1.807, 2.05) is 0 Å². The van der Waals surface area contributed by atoms with Gasteiger partial charge in [-0.3, -0.25) is 4.79 Å². The van der Waals surface area contributed by atoms with Gasteiger partial charge in [0.05, 0.1) is 6.04 Å². The van der Waals surface area contributed by atoms with E-state index in [4.69, 9.17) is 6.42 Å². The molecule has 0 aromatic carbocycles. The number of rotatable bonds is 2. The number of carbonyl (C=O) groups is 1. The van der Waals surface area contributed by atoms with Gasteiger partial charge in [0, 0.05) is 12.8 Å². The van der Waals surface area contributed by atoms with Gasteiger partial charge in [0.25, 0.3) is 0 Å². The molecule has 2 atom stereocenters. The Kier molecular flexibility index (Phi) is 4.60. The standard InChI is InChI=1S/C8H13NO2S/c1-5-7(3)9(4)8(10)12(11)6-2/h1,7H,6H2,2-4H3. The summed E-state index contributed by atoms with van der Waals surface area (Å²) in [6, 6.07) is -0.298. The highest BCUT2D eigenvalue weighted by Gasteiger charge is 2.18. The van der Waals surface area contributed by atoms with Gasteiger partial charge in [0.1, 0.15) is 10.8 Å². The van der Waals surface area contributed by atoms with Crippen LogP contribution in [0.1, 0.15) is 13.8 Å². The van der Waals surface area contributed by atoms with Gasteiger partial charge in [-0.25, -0.2) is 4.21 Å². The third-order valence-corrected chi connectivity index (χ3v) is 2.77. The first-order chi connectivity index (χ1) is 5.54. The van der Waals surface area contributed by atoms with Gasteiger partial charge in [0.15, 0.2) is 0 Å². The summed E-state index contributed by atoms with van der Waals surface area (Å²) in [4.78, 5) is 12.5. The number of amides is 1. The van der Waals surface area contributed by atoms with Crippen LogP contribution in [-0.2, 0) is 10.8 Å². The molecule has 1 amide bonds. The van der Waals surface area contributed by atoms with Crippen molar-refractivity contribution in [2.75, 3.05) is 12.8 Å². The fourth-order valence-electron chi connectivity index (χ4n) is 0.554.